The molecule has 0 unspecified atom stereocenters. The lowest BCUT2D eigenvalue weighted by Gasteiger charge is -2.19. The number of hydrogen-bond acceptors (Lipinski definition) is 5. The Balaban J connectivity index is 3.69. The summed E-state index contributed by atoms with van der Waals surface area (Å²) in [5, 5.41) is 24.8. The average Bonchev–Trinajstić information content (AvgIpc) is 2.29. The molecule has 19 heavy (non-hydrogen) atoms. The summed E-state index contributed by atoms with van der Waals surface area (Å²) in [5.41, 5.74) is -0.565. The summed E-state index contributed by atoms with van der Waals surface area (Å²) in [4.78, 5) is 22.5. The molecular formula is C11H23N3O5. The van der Waals surface area contributed by atoms with E-state index in [0.29, 0.717) is 0 Å². The minimum absolute atomic E-state index is 0.203. The molecule has 0 aromatic rings. The van der Waals surface area contributed by atoms with Gasteiger partial charge in [0.1, 0.15) is 5.60 Å². The number of nitrogens with one attached hydrogen (secondary N) is 3. The van der Waals surface area contributed by atoms with Gasteiger partial charge in [-0.25, -0.2) is 9.59 Å². The van der Waals surface area contributed by atoms with Gasteiger partial charge < -0.3 is 30.9 Å². The van der Waals surface area contributed by atoms with Crippen LogP contribution in [0.5, 0.6) is 0 Å². The molecule has 0 aromatic heterocycles. The van der Waals surface area contributed by atoms with Crippen LogP contribution in [0.1, 0.15) is 20.8 Å². The van der Waals surface area contributed by atoms with Gasteiger partial charge in [0.25, 0.3) is 0 Å². The molecule has 8 nitrogen and oxygen atoms in total. The van der Waals surface area contributed by atoms with Gasteiger partial charge in [0.2, 0.25) is 0 Å². The Bertz CT molecular complexity index is 287. The van der Waals surface area contributed by atoms with E-state index in [1.165, 1.54) is 0 Å². The summed E-state index contributed by atoms with van der Waals surface area (Å²) in [5.74, 6) is 0. The van der Waals surface area contributed by atoms with E-state index in [0.717, 1.165) is 0 Å². The number of alkyl carbamates (subject to hydrolysis) is 1. The second kappa shape index (κ2) is 8.54. The Morgan fingerprint density at radius 1 is 1.11 bits per heavy atom. The Hall–Kier alpha value is -1.54. The number of ether oxygens (including phenoxy) is 1. The van der Waals surface area contributed by atoms with Crippen molar-refractivity contribution in [3.05, 3.63) is 0 Å². The quantitative estimate of drug-likeness (QED) is 0.406. The van der Waals surface area contributed by atoms with Gasteiger partial charge in [-0.15, -0.1) is 0 Å². The molecule has 0 fully saturated rings. The van der Waals surface area contributed by atoms with Crippen LogP contribution < -0.4 is 16.0 Å². The molecule has 3 amide bonds. The monoisotopic (exact) mass is 277 g/mol. The molecule has 0 atom stereocenters. The second-order valence-corrected chi connectivity index (χ2v) is 4.89. The van der Waals surface area contributed by atoms with Crippen molar-refractivity contribution in [1.29, 1.82) is 0 Å². The summed E-state index contributed by atoms with van der Waals surface area (Å²) in [6.07, 6.45) is -0.557. The maximum Gasteiger partial charge on any atom is 0.407 e. The Morgan fingerprint density at radius 2 is 1.63 bits per heavy atom. The molecule has 0 spiro atoms. The van der Waals surface area contributed by atoms with E-state index in [-0.39, 0.29) is 26.3 Å². The topological polar surface area (TPSA) is 120 Å². The number of aliphatic hydroxyl groups excluding tert-OH is 2. The first-order chi connectivity index (χ1) is 8.78. The lowest BCUT2D eigenvalue weighted by Crippen LogP contribution is -2.47. The number of hydrogen-bond donors (Lipinski definition) is 5. The zero-order valence-corrected chi connectivity index (χ0v) is 11.5. The van der Waals surface area contributed by atoms with E-state index in [4.69, 9.17) is 14.9 Å². The van der Waals surface area contributed by atoms with Gasteiger partial charge in [-0.1, -0.05) is 0 Å². The van der Waals surface area contributed by atoms with Crippen molar-refractivity contribution < 1.29 is 24.5 Å². The van der Waals surface area contributed by atoms with Crippen molar-refractivity contribution in [2.75, 3.05) is 26.3 Å². The highest BCUT2D eigenvalue weighted by molar-refractivity contribution is 5.74. The van der Waals surface area contributed by atoms with E-state index in [1.807, 2.05) is 0 Å². The molecule has 5 N–H and O–H groups in total. The van der Waals surface area contributed by atoms with Crippen LogP contribution >= 0.6 is 0 Å². The minimum atomic E-state index is -0.696. The Morgan fingerprint density at radius 3 is 2.11 bits per heavy atom. The fourth-order valence-electron chi connectivity index (χ4n) is 1.04. The average molecular weight is 277 g/mol. The normalized spacial score (nSPS) is 11.1. The SMILES string of the molecule is CC(C)(C)OC(=O)NCCNC(=O)NC(CO)CO. The zero-order valence-electron chi connectivity index (χ0n) is 11.5. The lowest BCUT2D eigenvalue weighted by molar-refractivity contribution is 0.0528. The van der Waals surface area contributed by atoms with Crippen LogP contribution in [0.15, 0.2) is 0 Å². The third-order valence-corrected chi connectivity index (χ3v) is 1.85. The van der Waals surface area contributed by atoms with Crippen molar-refractivity contribution in [3.63, 3.8) is 0 Å². The van der Waals surface area contributed by atoms with Crippen LogP contribution in [0.2, 0.25) is 0 Å². The highest BCUT2D eigenvalue weighted by Gasteiger charge is 2.15. The molecule has 0 radical (unpaired) electrons. The number of amides is 3. The molecule has 0 aliphatic carbocycles. The number of rotatable bonds is 6. The van der Waals surface area contributed by atoms with Crippen LogP contribution in [-0.4, -0.2) is 60.3 Å². The van der Waals surface area contributed by atoms with Gasteiger partial charge in [-0.05, 0) is 20.8 Å². The van der Waals surface area contributed by atoms with Gasteiger partial charge in [0.15, 0.2) is 0 Å². The van der Waals surface area contributed by atoms with Crippen LogP contribution in [-0.2, 0) is 4.74 Å². The largest absolute Gasteiger partial charge is 0.444 e. The molecular weight excluding hydrogens is 254 g/mol. The van der Waals surface area contributed by atoms with E-state index in [1.54, 1.807) is 20.8 Å². The van der Waals surface area contributed by atoms with E-state index in [2.05, 4.69) is 16.0 Å². The van der Waals surface area contributed by atoms with E-state index >= 15 is 0 Å². The molecule has 0 saturated heterocycles. The van der Waals surface area contributed by atoms with Crippen LogP contribution in [0.4, 0.5) is 9.59 Å². The molecule has 112 valence electrons. The van der Waals surface area contributed by atoms with E-state index < -0.39 is 23.8 Å². The smallest absolute Gasteiger partial charge is 0.407 e. The maximum absolute atomic E-state index is 11.3. The van der Waals surface area contributed by atoms with Gasteiger partial charge in [0.05, 0.1) is 19.3 Å². The van der Waals surface area contributed by atoms with Gasteiger partial charge in [-0.3, -0.25) is 0 Å². The second-order valence-electron chi connectivity index (χ2n) is 4.89. The van der Waals surface area contributed by atoms with Gasteiger partial charge in [0, 0.05) is 13.1 Å². The van der Waals surface area contributed by atoms with Crippen LogP contribution in [0.3, 0.4) is 0 Å². The number of urea groups is 1. The van der Waals surface area contributed by atoms with Crippen molar-refractivity contribution >= 4 is 12.1 Å². The van der Waals surface area contributed by atoms with Gasteiger partial charge >= 0.3 is 12.1 Å². The van der Waals surface area contributed by atoms with E-state index in [9.17, 15) is 9.59 Å². The first kappa shape index (κ1) is 17.5. The molecule has 0 rings (SSSR count). The standard InChI is InChI=1S/C11H23N3O5/c1-11(2,3)19-10(18)13-5-4-12-9(17)14-8(6-15)7-16/h8,15-16H,4-7H2,1-3H3,(H,13,18)(H2,12,14,17). The third kappa shape index (κ3) is 10.1. The lowest BCUT2D eigenvalue weighted by atomic mass is 10.2. The van der Waals surface area contributed by atoms with Crippen molar-refractivity contribution in [2.45, 2.75) is 32.4 Å². The molecule has 0 aliphatic heterocycles. The summed E-state index contributed by atoms with van der Waals surface area (Å²) in [6.45, 7) is 4.98. The predicted molar refractivity (Wildman–Crippen MR) is 68.7 cm³/mol. The number of carbonyl (C=O) groups excluding carboxylic acids is 2. The number of aliphatic hydroxyl groups is 2. The maximum atomic E-state index is 11.3. The molecule has 0 aromatic carbocycles. The molecule has 0 heterocycles. The number of carbonyl (C=O) groups is 2. The van der Waals surface area contributed by atoms with Crippen LogP contribution in [0, 0.1) is 0 Å². The van der Waals surface area contributed by atoms with Crippen molar-refractivity contribution in [2.24, 2.45) is 0 Å². The highest BCUT2D eigenvalue weighted by Crippen LogP contribution is 2.05. The predicted octanol–water partition coefficient (Wildman–Crippen LogP) is -0.836. The first-order valence-corrected chi connectivity index (χ1v) is 6.01. The molecule has 8 heteroatoms. The third-order valence-electron chi connectivity index (χ3n) is 1.85. The Kier molecular flexibility index (Phi) is 7.85. The molecule has 0 aliphatic rings. The van der Waals surface area contributed by atoms with Crippen molar-refractivity contribution in [1.82, 2.24) is 16.0 Å². The summed E-state index contributed by atoms with van der Waals surface area (Å²) < 4.78 is 5.00. The van der Waals surface area contributed by atoms with Crippen molar-refractivity contribution in [3.8, 4) is 0 Å². The summed E-state index contributed by atoms with van der Waals surface area (Å²) in [7, 11) is 0. The first-order valence-electron chi connectivity index (χ1n) is 6.01. The van der Waals surface area contributed by atoms with Crippen LogP contribution in [0.25, 0.3) is 0 Å². The highest BCUT2D eigenvalue weighted by atomic mass is 16.6. The van der Waals surface area contributed by atoms with Gasteiger partial charge in [-0.2, -0.15) is 0 Å². The fraction of sp³-hybridized carbons (Fsp3) is 0.818. The zero-order chi connectivity index (χ0) is 14.9. The summed E-state index contributed by atoms with van der Waals surface area (Å²) in [6, 6.07) is -1.22. The fourth-order valence-corrected chi connectivity index (χ4v) is 1.04. The molecule has 0 bridgehead atoms. The minimum Gasteiger partial charge on any atom is -0.444 e. The molecule has 0 saturated carbocycles. The Labute approximate surface area is 112 Å². The summed E-state index contributed by atoms with van der Waals surface area (Å²) >= 11 is 0.